The highest BCUT2D eigenvalue weighted by molar-refractivity contribution is 8.15. The van der Waals surface area contributed by atoms with Crippen LogP contribution in [-0.4, -0.2) is 71.4 Å². The summed E-state index contributed by atoms with van der Waals surface area (Å²) in [6.07, 6.45) is 0.923. The molecule has 0 aliphatic carbocycles. The van der Waals surface area contributed by atoms with Gasteiger partial charge < -0.3 is 10.1 Å². The average molecular weight is 487 g/mol. The van der Waals surface area contributed by atoms with E-state index >= 15 is 0 Å². The third-order valence-electron chi connectivity index (χ3n) is 5.46. The van der Waals surface area contributed by atoms with Crippen LogP contribution in [0.4, 0.5) is 11.4 Å². The Kier molecular flexibility index (Phi) is 8.39. The van der Waals surface area contributed by atoms with Crippen LogP contribution in [0.3, 0.4) is 0 Å². The number of nitrogens with zero attached hydrogens (tertiary/aromatic N) is 3. The third kappa shape index (κ3) is 6.80. The maximum Gasteiger partial charge on any atom is 0.242 e. The molecule has 0 spiro atoms. The summed E-state index contributed by atoms with van der Waals surface area (Å²) < 4.78 is 5.41. The van der Waals surface area contributed by atoms with E-state index in [1.807, 2.05) is 42.5 Å². The van der Waals surface area contributed by atoms with Gasteiger partial charge in [-0.1, -0.05) is 41.6 Å². The van der Waals surface area contributed by atoms with E-state index in [0.29, 0.717) is 16.7 Å². The zero-order chi connectivity index (χ0) is 23.0. The fraction of sp³-hybridized carbons (Fsp3) is 0.375. The van der Waals surface area contributed by atoms with Crippen molar-refractivity contribution in [3.63, 3.8) is 0 Å². The molecule has 2 aromatic rings. The van der Waals surface area contributed by atoms with Crippen molar-refractivity contribution < 1.29 is 14.3 Å². The van der Waals surface area contributed by atoms with Gasteiger partial charge >= 0.3 is 0 Å². The number of aliphatic imine (C=N–C) groups is 1. The summed E-state index contributed by atoms with van der Waals surface area (Å²) in [5, 5.41) is 3.63. The van der Waals surface area contributed by atoms with Crippen molar-refractivity contribution in [1.82, 2.24) is 9.80 Å². The summed E-state index contributed by atoms with van der Waals surface area (Å²) in [7, 11) is 0. The minimum atomic E-state index is -0.497. The Morgan fingerprint density at radius 2 is 1.82 bits per heavy atom. The van der Waals surface area contributed by atoms with Crippen LogP contribution in [0.15, 0.2) is 59.6 Å². The number of nitrogens with one attached hydrogen (secondary N) is 1. The highest BCUT2D eigenvalue weighted by atomic mass is 35.5. The highest BCUT2D eigenvalue weighted by Gasteiger charge is 2.39. The number of para-hydroxylation sites is 1. The van der Waals surface area contributed by atoms with E-state index in [4.69, 9.17) is 21.3 Å². The Morgan fingerprint density at radius 1 is 1.09 bits per heavy atom. The molecule has 1 atom stereocenters. The van der Waals surface area contributed by atoms with Gasteiger partial charge in [0.05, 0.1) is 18.9 Å². The second-order valence-electron chi connectivity index (χ2n) is 7.89. The minimum absolute atomic E-state index is 0.0714. The summed E-state index contributed by atoms with van der Waals surface area (Å²) in [4.78, 5) is 34.6. The number of hydrogen-bond acceptors (Lipinski definition) is 6. The smallest absolute Gasteiger partial charge is 0.242 e. The first-order valence-electron chi connectivity index (χ1n) is 11.1. The first kappa shape index (κ1) is 23.8. The second kappa shape index (κ2) is 11.7. The molecule has 2 aromatic carbocycles. The lowest BCUT2D eigenvalue weighted by Gasteiger charge is -2.27. The van der Waals surface area contributed by atoms with Gasteiger partial charge in [-0.05, 0) is 42.8 Å². The van der Waals surface area contributed by atoms with E-state index in [1.165, 1.54) is 11.8 Å². The fourth-order valence-electron chi connectivity index (χ4n) is 3.74. The Hall–Kier alpha value is -2.39. The lowest BCUT2D eigenvalue weighted by Crippen LogP contribution is -2.39. The molecule has 1 N–H and O–H groups in total. The molecule has 2 amide bonds. The maximum atomic E-state index is 13.2. The van der Waals surface area contributed by atoms with Crippen LogP contribution in [0.1, 0.15) is 12.8 Å². The molecule has 174 valence electrons. The van der Waals surface area contributed by atoms with Crippen molar-refractivity contribution in [2.24, 2.45) is 4.99 Å². The number of carbonyl (C=O) groups is 2. The van der Waals surface area contributed by atoms with E-state index in [9.17, 15) is 9.59 Å². The molecule has 9 heteroatoms. The lowest BCUT2D eigenvalue weighted by molar-refractivity contribution is -0.128. The Labute approximate surface area is 203 Å². The maximum absolute atomic E-state index is 13.2. The molecule has 0 aromatic heterocycles. The van der Waals surface area contributed by atoms with Crippen LogP contribution in [0.5, 0.6) is 0 Å². The number of ether oxygens (including phenoxy) is 1. The number of amidine groups is 1. The van der Waals surface area contributed by atoms with E-state index < -0.39 is 5.25 Å². The van der Waals surface area contributed by atoms with E-state index in [0.717, 1.165) is 50.6 Å². The van der Waals surface area contributed by atoms with Gasteiger partial charge in [0.2, 0.25) is 11.8 Å². The van der Waals surface area contributed by atoms with Gasteiger partial charge in [-0.3, -0.25) is 19.4 Å². The molecule has 2 aliphatic heterocycles. The predicted molar refractivity (Wildman–Crippen MR) is 133 cm³/mol. The van der Waals surface area contributed by atoms with Crippen molar-refractivity contribution in [2.45, 2.75) is 18.1 Å². The van der Waals surface area contributed by atoms with Crippen molar-refractivity contribution in [3.05, 3.63) is 59.6 Å². The number of rotatable bonds is 8. The molecule has 7 nitrogen and oxygen atoms in total. The molecule has 33 heavy (non-hydrogen) atoms. The largest absolute Gasteiger partial charge is 0.379 e. The number of carbonyl (C=O) groups excluding carboxylic acids is 2. The Bertz CT molecular complexity index is 981. The molecule has 0 radical (unpaired) electrons. The normalized spacial score (nSPS) is 20.4. The van der Waals surface area contributed by atoms with Gasteiger partial charge in [-0.25, -0.2) is 4.99 Å². The van der Waals surface area contributed by atoms with Gasteiger partial charge in [-0.15, -0.1) is 0 Å². The second-order valence-corrected chi connectivity index (χ2v) is 9.50. The Morgan fingerprint density at radius 3 is 2.55 bits per heavy atom. The zero-order valence-corrected chi connectivity index (χ0v) is 19.9. The molecular formula is C24H27ClN4O3S. The topological polar surface area (TPSA) is 74.2 Å². The van der Waals surface area contributed by atoms with Gasteiger partial charge in [0.15, 0.2) is 5.17 Å². The van der Waals surface area contributed by atoms with Gasteiger partial charge in [0.25, 0.3) is 0 Å². The van der Waals surface area contributed by atoms with Crippen LogP contribution in [0.2, 0.25) is 5.02 Å². The van der Waals surface area contributed by atoms with Gasteiger partial charge in [0, 0.05) is 43.3 Å². The van der Waals surface area contributed by atoms with Crippen LogP contribution in [0, 0.1) is 0 Å². The number of benzene rings is 2. The lowest BCUT2D eigenvalue weighted by atomic mass is 10.2. The van der Waals surface area contributed by atoms with Crippen molar-refractivity contribution in [3.8, 4) is 0 Å². The molecule has 0 unspecified atom stereocenters. The SMILES string of the molecule is O=C(C[C@H]1SC(=Nc2ccc(Cl)cc2)N(CCCN2CCOCC2)C1=O)Nc1ccccc1. The summed E-state index contributed by atoms with van der Waals surface area (Å²) >= 11 is 7.34. The molecule has 0 saturated carbocycles. The summed E-state index contributed by atoms with van der Waals surface area (Å²) in [5.41, 5.74) is 1.44. The quantitative estimate of drug-likeness (QED) is 0.610. The summed E-state index contributed by atoms with van der Waals surface area (Å²) in [6, 6.07) is 16.5. The molecule has 2 saturated heterocycles. The van der Waals surface area contributed by atoms with Crippen LogP contribution < -0.4 is 5.32 Å². The predicted octanol–water partition coefficient (Wildman–Crippen LogP) is 4.02. The molecule has 4 rings (SSSR count). The first-order chi connectivity index (χ1) is 16.1. The van der Waals surface area contributed by atoms with E-state index in [1.54, 1.807) is 17.0 Å². The molecule has 2 fully saturated rings. The van der Waals surface area contributed by atoms with Crippen molar-refractivity contribution >= 4 is 51.7 Å². The monoisotopic (exact) mass is 486 g/mol. The van der Waals surface area contributed by atoms with Gasteiger partial charge in [0.1, 0.15) is 5.25 Å². The van der Waals surface area contributed by atoms with Crippen LogP contribution in [-0.2, 0) is 14.3 Å². The first-order valence-corrected chi connectivity index (χ1v) is 12.3. The zero-order valence-electron chi connectivity index (χ0n) is 18.3. The number of halogens is 1. The van der Waals surface area contributed by atoms with Crippen molar-refractivity contribution in [2.75, 3.05) is 44.7 Å². The summed E-state index contributed by atoms with van der Waals surface area (Å²) in [5.74, 6) is -0.258. The Balaban J connectivity index is 1.43. The average Bonchev–Trinajstić information content (AvgIpc) is 3.10. The van der Waals surface area contributed by atoms with E-state index in [-0.39, 0.29) is 18.2 Å². The summed E-state index contributed by atoms with van der Waals surface area (Å²) in [6.45, 7) is 4.78. The number of morpholine rings is 1. The molecule has 0 bridgehead atoms. The standard InChI is InChI=1S/C24H27ClN4O3S/c25-18-7-9-20(10-8-18)27-24-29(12-4-11-28-13-15-32-16-14-28)23(31)21(33-24)17-22(30)26-19-5-2-1-3-6-19/h1-3,5-10,21H,4,11-17H2,(H,26,30)/t21-/m1/s1. The van der Waals surface area contributed by atoms with Crippen LogP contribution in [0.25, 0.3) is 0 Å². The molecular weight excluding hydrogens is 460 g/mol. The van der Waals surface area contributed by atoms with E-state index in [2.05, 4.69) is 10.2 Å². The molecule has 2 aliphatic rings. The minimum Gasteiger partial charge on any atom is -0.379 e. The number of hydrogen-bond donors (Lipinski definition) is 1. The van der Waals surface area contributed by atoms with Crippen LogP contribution >= 0.6 is 23.4 Å². The third-order valence-corrected chi connectivity index (χ3v) is 6.89. The van der Waals surface area contributed by atoms with Gasteiger partial charge in [-0.2, -0.15) is 0 Å². The number of anilines is 1. The fourth-order valence-corrected chi connectivity index (χ4v) is 5.05. The van der Waals surface area contributed by atoms with Crippen molar-refractivity contribution in [1.29, 1.82) is 0 Å². The number of amides is 2. The highest BCUT2D eigenvalue weighted by Crippen LogP contribution is 2.32. The number of thioether (sulfide) groups is 1. The molecule has 2 heterocycles.